The molecule has 0 radical (unpaired) electrons. The van der Waals surface area contributed by atoms with Crippen molar-refractivity contribution in [3.8, 4) is 0 Å². The van der Waals surface area contributed by atoms with E-state index in [2.05, 4.69) is 9.88 Å². The first kappa shape index (κ1) is 15.4. The van der Waals surface area contributed by atoms with E-state index in [4.69, 9.17) is 4.52 Å². The molecule has 0 amide bonds. The van der Waals surface area contributed by atoms with Gasteiger partial charge in [-0.25, -0.2) is 8.42 Å². The highest BCUT2D eigenvalue weighted by atomic mass is 32.2. The van der Waals surface area contributed by atoms with Crippen molar-refractivity contribution in [2.45, 2.75) is 24.8 Å². The van der Waals surface area contributed by atoms with E-state index in [9.17, 15) is 8.42 Å². The number of rotatable bonds is 5. The van der Waals surface area contributed by atoms with E-state index in [0.29, 0.717) is 11.5 Å². The maximum Gasteiger partial charge on any atom is 0.246 e. The van der Waals surface area contributed by atoms with E-state index in [1.807, 2.05) is 34.3 Å². The fraction of sp³-hybridized carbons (Fsp3) is 0.214. The van der Waals surface area contributed by atoms with Gasteiger partial charge in [-0.1, -0.05) is 11.2 Å². The summed E-state index contributed by atoms with van der Waals surface area (Å²) in [5, 5.41) is 9.53. The second kappa shape index (κ2) is 5.96. The average molecular weight is 354 g/mol. The first-order valence-corrected chi connectivity index (χ1v) is 9.80. The fourth-order valence-corrected chi connectivity index (χ4v) is 5.35. The van der Waals surface area contributed by atoms with Crippen molar-refractivity contribution in [2.75, 3.05) is 0 Å². The van der Waals surface area contributed by atoms with Crippen LogP contribution in [-0.4, -0.2) is 13.6 Å². The Morgan fingerprint density at radius 3 is 2.64 bits per heavy atom. The van der Waals surface area contributed by atoms with Gasteiger partial charge >= 0.3 is 0 Å². The molecule has 1 N–H and O–H groups in total. The minimum atomic E-state index is -3.72. The van der Waals surface area contributed by atoms with E-state index in [0.717, 1.165) is 10.4 Å². The number of thiophene rings is 2. The highest BCUT2D eigenvalue weighted by Crippen LogP contribution is 2.30. The summed E-state index contributed by atoms with van der Waals surface area (Å²) in [6, 6.07) is 5.34. The van der Waals surface area contributed by atoms with E-state index >= 15 is 0 Å². The Balaban J connectivity index is 2.01. The lowest BCUT2D eigenvalue weighted by molar-refractivity contribution is 0.390. The average Bonchev–Trinajstić information content (AvgIpc) is 3.17. The molecule has 0 bridgehead atoms. The maximum atomic E-state index is 12.7. The SMILES string of the molecule is Cc1noc(C)c1S(=O)(=O)N[C@H](c1ccsc1)c1cccs1. The molecule has 0 spiro atoms. The third kappa shape index (κ3) is 2.87. The van der Waals surface area contributed by atoms with Crippen LogP contribution in [0.15, 0.2) is 43.8 Å². The van der Waals surface area contributed by atoms with Crippen LogP contribution in [-0.2, 0) is 10.0 Å². The lowest BCUT2D eigenvalue weighted by Gasteiger charge is -2.16. The highest BCUT2D eigenvalue weighted by Gasteiger charge is 2.29. The number of hydrogen-bond donors (Lipinski definition) is 1. The van der Waals surface area contributed by atoms with Gasteiger partial charge in [0.15, 0.2) is 5.76 Å². The van der Waals surface area contributed by atoms with Crippen molar-refractivity contribution < 1.29 is 12.9 Å². The van der Waals surface area contributed by atoms with Crippen LogP contribution in [0.2, 0.25) is 0 Å². The van der Waals surface area contributed by atoms with E-state index < -0.39 is 16.1 Å². The van der Waals surface area contributed by atoms with Gasteiger partial charge in [-0.05, 0) is 47.7 Å². The first-order chi connectivity index (χ1) is 10.5. The first-order valence-electron chi connectivity index (χ1n) is 6.50. The van der Waals surface area contributed by atoms with Crippen molar-refractivity contribution in [3.63, 3.8) is 0 Å². The van der Waals surface area contributed by atoms with Crippen LogP contribution in [0.1, 0.15) is 27.9 Å². The lowest BCUT2D eigenvalue weighted by Crippen LogP contribution is -2.29. The summed E-state index contributed by atoms with van der Waals surface area (Å²) >= 11 is 3.05. The van der Waals surface area contributed by atoms with Gasteiger partial charge in [-0.15, -0.1) is 11.3 Å². The molecule has 5 nitrogen and oxygen atoms in total. The molecule has 0 aliphatic heterocycles. The largest absolute Gasteiger partial charge is 0.360 e. The smallest absolute Gasteiger partial charge is 0.246 e. The van der Waals surface area contributed by atoms with Crippen LogP contribution in [0.4, 0.5) is 0 Å². The summed E-state index contributed by atoms with van der Waals surface area (Å²) in [6.07, 6.45) is 0. The Morgan fingerprint density at radius 1 is 1.27 bits per heavy atom. The van der Waals surface area contributed by atoms with E-state index in [-0.39, 0.29) is 4.90 Å². The topological polar surface area (TPSA) is 72.2 Å². The Bertz CT molecular complexity index is 796. The molecule has 3 rings (SSSR count). The molecule has 3 aromatic rings. The van der Waals surface area contributed by atoms with Gasteiger partial charge in [-0.2, -0.15) is 16.1 Å². The van der Waals surface area contributed by atoms with Gasteiger partial charge in [-0.3, -0.25) is 0 Å². The molecule has 116 valence electrons. The summed E-state index contributed by atoms with van der Waals surface area (Å²) in [7, 11) is -3.72. The third-order valence-corrected chi connectivity index (χ3v) is 6.52. The maximum absolute atomic E-state index is 12.7. The van der Waals surface area contributed by atoms with Gasteiger partial charge in [0.1, 0.15) is 10.6 Å². The predicted octanol–water partition coefficient (Wildman–Crippen LogP) is 3.48. The molecular formula is C14H14N2O3S3. The molecule has 22 heavy (non-hydrogen) atoms. The van der Waals surface area contributed by atoms with Gasteiger partial charge in [0, 0.05) is 4.88 Å². The van der Waals surface area contributed by atoms with Gasteiger partial charge in [0.05, 0.1) is 6.04 Å². The Hall–Kier alpha value is -1.48. The fourth-order valence-electron chi connectivity index (χ4n) is 2.26. The third-order valence-electron chi connectivity index (χ3n) is 3.21. The van der Waals surface area contributed by atoms with Gasteiger partial charge in [0.2, 0.25) is 10.0 Å². The molecule has 0 aliphatic carbocycles. The molecule has 0 aliphatic rings. The van der Waals surface area contributed by atoms with Crippen LogP contribution in [0, 0.1) is 13.8 Å². The van der Waals surface area contributed by atoms with Crippen molar-refractivity contribution >= 4 is 32.7 Å². The molecule has 0 saturated heterocycles. The summed E-state index contributed by atoms with van der Waals surface area (Å²) in [4.78, 5) is 1.05. The van der Waals surface area contributed by atoms with Crippen LogP contribution in [0.5, 0.6) is 0 Å². The van der Waals surface area contributed by atoms with Crippen molar-refractivity contribution in [1.29, 1.82) is 0 Å². The molecule has 3 heterocycles. The summed E-state index contributed by atoms with van der Waals surface area (Å²) in [6.45, 7) is 3.22. The minimum absolute atomic E-state index is 0.115. The van der Waals surface area contributed by atoms with Crippen molar-refractivity contribution in [3.05, 3.63) is 56.2 Å². The Labute approximate surface area is 136 Å². The molecule has 0 saturated carbocycles. The summed E-state index contributed by atoms with van der Waals surface area (Å²) in [5.74, 6) is 0.292. The van der Waals surface area contributed by atoms with Crippen molar-refractivity contribution in [1.82, 2.24) is 9.88 Å². The van der Waals surface area contributed by atoms with Gasteiger partial charge < -0.3 is 4.52 Å². The van der Waals surface area contributed by atoms with Crippen LogP contribution >= 0.6 is 22.7 Å². The summed E-state index contributed by atoms with van der Waals surface area (Å²) in [5.41, 5.74) is 1.28. The van der Waals surface area contributed by atoms with Crippen molar-refractivity contribution in [2.24, 2.45) is 0 Å². The van der Waals surface area contributed by atoms with E-state index in [1.54, 1.807) is 13.8 Å². The van der Waals surface area contributed by atoms with Crippen LogP contribution < -0.4 is 4.72 Å². The number of hydrogen-bond acceptors (Lipinski definition) is 6. The number of aromatic nitrogens is 1. The zero-order chi connectivity index (χ0) is 15.7. The minimum Gasteiger partial charge on any atom is -0.360 e. The zero-order valence-electron chi connectivity index (χ0n) is 11.9. The normalized spacial score (nSPS) is 13.4. The molecule has 8 heteroatoms. The standard InChI is InChI=1S/C14H14N2O3S3/c1-9-14(10(2)19-15-9)22(17,18)16-13(11-5-7-20-8-11)12-4-3-6-21-12/h3-8,13,16H,1-2H3/t13-/m1/s1. The van der Waals surface area contributed by atoms with Crippen LogP contribution in [0.3, 0.4) is 0 Å². The monoisotopic (exact) mass is 354 g/mol. The quantitative estimate of drug-likeness (QED) is 0.761. The Morgan fingerprint density at radius 2 is 2.09 bits per heavy atom. The second-order valence-electron chi connectivity index (χ2n) is 4.78. The molecule has 0 aromatic carbocycles. The number of aryl methyl sites for hydroxylation is 2. The molecule has 3 aromatic heterocycles. The van der Waals surface area contributed by atoms with E-state index in [1.165, 1.54) is 22.7 Å². The summed E-state index contributed by atoms with van der Waals surface area (Å²) < 4.78 is 33.2. The second-order valence-corrected chi connectivity index (χ2v) is 8.19. The number of nitrogens with zero attached hydrogens (tertiary/aromatic N) is 1. The predicted molar refractivity (Wildman–Crippen MR) is 86.8 cm³/mol. The highest BCUT2D eigenvalue weighted by molar-refractivity contribution is 7.89. The Kier molecular flexibility index (Phi) is 4.18. The number of sulfonamides is 1. The van der Waals surface area contributed by atoms with Crippen LogP contribution in [0.25, 0.3) is 0 Å². The molecule has 0 fully saturated rings. The molecule has 1 atom stereocenters. The lowest BCUT2D eigenvalue weighted by atomic mass is 10.1. The zero-order valence-corrected chi connectivity index (χ0v) is 14.4. The molecular weight excluding hydrogens is 340 g/mol. The molecule has 0 unspecified atom stereocenters. The number of nitrogens with one attached hydrogen (secondary N) is 1. The van der Waals surface area contributed by atoms with Gasteiger partial charge in [0.25, 0.3) is 0 Å².